The Morgan fingerprint density at radius 2 is 1.60 bits per heavy atom. The average Bonchev–Trinajstić information content (AvgIpc) is 3.36. The van der Waals surface area contributed by atoms with Crippen LogP contribution in [0.2, 0.25) is 0 Å². The average molecular weight is 452 g/mol. The Morgan fingerprint density at radius 1 is 0.829 bits per heavy atom. The molecular weight excluding hydrogens is 430 g/mol. The normalized spacial score (nSPS) is 15.4. The zero-order chi connectivity index (χ0) is 23.6. The number of fused-ring (bicyclic) bond motifs is 3. The summed E-state index contributed by atoms with van der Waals surface area (Å²) < 4.78 is 6.01. The lowest BCUT2D eigenvalue weighted by Gasteiger charge is -2.09. The highest BCUT2D eigenvalue weighted by molar-refractivity contribution is 6.20. The molecule has 6 rings (SSSR count). The molecule has 1 aliphatic rings. The van der Waals surface area contributed by atoms with Crippen LogP contribution in [0.1, 0.15) is 11.1 Å². The zero-order valence-corrected chi connectivity index (χ0v) is 18.8. The highest BCUT2D eigenvalue weighted by Gasteiger charge is 2.13. The molecule has 0 saturated carbocycles. The third-order valence-electron chi connectivity index (χ3n) is 5.96. The Morgan fingerprint density at radius 3 is 2.43 bits per heavy atom. The van der Waals surface area contributed by atoms with Crippen molar-refractivity contribution in [3.05, 3.63) is 132 Å². The van der Waals surface area contributed by atoms with Gasteiger partial charge in [-0.2, -0.15) is 0 Å². The van der Waals surface area contributed by atoms with Crippen LogP contribution in [0.15, 0.2) is 130 Å². The summed E-state index contributed by atoms with van der Waals surface area (Å²) in [6.07, 6.45) is 9.97. The molecule has 5 aromatic rings. The summed E-state index contributed by atoms with van der Waals surface area (Å²) in [7, 11) is 0. The molecule has 1 N–H and O–H groups in total. The molecule has 1 aliphatic carbocycles. The predicted molar refractivity (Wildman–Crippen MR) is 144 cm³/mol. The van der Waals surface area contributed by atoms with Gasteiger partial charge in [0.05, 0.1) is 5.71 Å². The molecule has 4 aromatic carbocycles. The number of amidine groups is 1. The lowest BCUT2D eigenvalue weighted by Crippen LogP contribution is -2.05. The van der Waals surface area contributed by atoms with Crippen molar-refractivity contribution in [3.63, 3.8) is 0 Å². The van der Waals surface area contributed by atoms with E-state index in [2.05, 4.69) is 23.2 Å². The number of rotatable bonds is 3. The fourth-order valence-corrected chi connectivity index (χ4v) is 4.20. The number of aromatic nitrogens is 1. The molecule has 0 amide bonds. The number of allylic oxidation sites excluding steroid dienone is 5. The molecular formula is C31H21N3O. The number of aliphatic imine (C=N–C) groups is 1. The second-order valence-corrected chi connectivity index (χ2v) is 8.31. The number of hydrogen-bond acceptors (Lipinski definition) is 3. The van der Waals surface area contributed by atoms with E-state index in [0.717, 1.165) is 49.8 Å². The fraction of sp³-hybridized carbons (Fsp3) is 0. The SMILES string of the molecule is N=C(N=C1C=CC=C/C1=C\c1ccccc1)c1ccc2c(ccc3oc(-c4ccccc4)nc32)c1. The Hall–Kier alpha value is -4.83. The van der Waals surface area contributed by atoms with Gasteiger partial charge in [-0.05, 0) is 47.4 Å². The summed E-state index contributed by atoms with van der Waals surface area (Å²) in [6, 6.07) is 29.9. The first kappa shape index (κ1) is 20.8. The number of nitrogens with zero attached hydrogens (tertiary/aromatic N) is 2. The van der Waals surface area contributed by atoms with E-state index in [1.165, 1.54) is 0 Å². The Labute approximate surface area is 202 Å². The largest absolute Gasteiger partial charge is 0.436 e. The Balaban J connectivity index is 1.35. The van der Waals surface area contributed by atoms with Crippen LogP contribution in [0.25, 0.3) is 39.4 Å². The van der Waals surface area contributed by atoms with Crippen LogP contribution in [0, 0.1) is 5.41 Å². The lowest BCUT2D eigenvalue weighted by molar-refractivity contribution is 0.620. The maximum absolute atomic E-state index is 8.68. The van der Waals surface area contributed by atoms with Crippen molar-refractivity contribution in [3.8, 4) is 11.5 Å². The van der Waals surface area contributed by atoms with Gasteiger partial charge in [0.1, 0.15) is 5.52 Å². The molecule has 0 bridgehead atoms. The van der Waals surface area contributed by atoms with Crippen molar-refractivity contribution in [1.82, 2.24) is 4.98 Å². The molecule has 35 heavy (non-hydrogen) atoms. The van der Waals surface area contributed by atoms with Gasteiger partial charge in [-0.25, -0.2) is 9.98 Å². The van der Waals surface area contributed by atoms with E-state index in [-0.39, 0.29) is 5.84 Å². The second kappa shape index (κ2) is 8.84. The maximum atomic E-state index is 8.68. The first-order valence-corrected chi connectivity index (χ1v) is 11.4. The molecule has 1 aromatic heterocycles. The van der Waals surface area contributed by atoms with E-state index in [4.69, 9.17) is 14.8 Å². The van der Waals surface area contributed by atoms with Gasteiger partial charge in [0.2, 0.25) is 5.89 Å². The van der Waals surface area contributed by atoms with Gasteiger partial charge in [-0.3, -0.25) is 5.41 Å². The molecule has 4 heteroatoms. The fourth-order valence-electron chi connectivity index (χ4n) is 4.20. The highest BCUT2D eigenvalue weighted by atomic mass is 16.3. The monoisotopic (exact) mass is 451 g/mol. The van der Waals surface area contributed by atoms with Crippen molar-refractivity contribution < 1.29 is 4.42 Å². The summed E-state index contributed by atoms with van der Waals surface area (Å²) in [5, 5.41) is 10.7. The van der Waals surface area contributed by atoms with Crippen LogP contribution >= 0.6 is 0 Å². The van der Waals surface area contributed by atoms with Crippen LogP contribution < -0.4 is 0 Å². The molecule has 0 radical (unpaired) electrons. The Bertz CT molecular complexity index is 1690. The smallest absolute Gasteiger partial charge is 0.227 e. The van der Waals surface area contributed by atoms with Crippen LogP contribution in [0.4, 0.5) is 0 Å². The molecule has 1 heterocycles. The molecule has 166 valence electrons. The van der Waals surface area contributed by atoms with Gasteiger partial charge >= 0.3 is 0 Å². The Kier molecular flexibility index (Phi) is 5.24. The summed E-state index contributed by atoms with van der Waals surface area (Å²) in [5.41, 5.74) is 6.09. The molecule has 0 fully saturated rings. The van der Waals surface area contributed by atoms with Crippen molar-refractivity contribution in [2.45, 2.75) is 0 Å². The lowest BCUT2D eigenvalue weighted by atomic mass is 10.0. The summed E-state index contributed by atoms with van der Waals surface area (Å²) in [4.78, 5) is 9.41. The van der Waals surface area contributed by atoms with Gasteiger partial charge in [0, 0.05) is 22.1 Å². The first-order chi connectivity index (χ1) is 17.2. The number of oxazole rings is 1. The zero-order valence-electron chi connectivity index (χ0n) is 18.8. The van der Waals surface area contributed by atoms with E-state index in [9.17, 15) is 0 Å². The number of nitrogens with one attached hydrogen (secondary N) is 1. The van der Waals surface area contributed by atoms with Gasteiger partial charge < -0.3 is 4.42 Å². The minimum Gasteiger partial charge on any atom is -0.436 e. The van der Waals surface area contributed by atoms with E-state index in [0.29, 0.717) is 5.89 Å². The third kappa shape index (κ3) is 4.13. The number of benzene rings is 4. The van der Waals surface area contributed by atoms with Gasteiger partial charge in [0.15, 0.2) is 11.4 Å². The van der Waals surface area contributed by atoms with Crippen LogP contribution in [-0.4, -0.2) is 16.5 Å². The van der Waals surface area contributed by atoms with Gasteiger partial charge in [-0.1, -0.05) is 85.0 Å². The van der Waals surface area contributed by atoms with Crippen molar-refractivity contribution in [2.24, 2.45) is 4.99 Å². The molecule has 0 aliphatic heterocycles. The minimum absolute atomic E-state index is 0.214. The first-order valence-electron chi connectivity index (χ1n) is 11.4. The maximum Gasteiger partial charge on any atom is 0.227 e. The van der Waals surface area contributed by atoms with Gasteiger partial charge in [-0.15, -0.1) is 0 Å². The third-order valence-corrected chi connectivity index (χ3v) is 5.96. The second-order valence-electron chi connectivity index (χ2n) is 8.31. The van der Waals surface area contributed by atoms with Crippen molar-refractivity contribution in [2.75, 3.05) is 0 Å². The molecule has 4 nitrogen and oxygen atoms in total. The van der Waals surface area contributed by atoms with E-state index in [1.807, 2.05) is 103 Å². The molecule has 0 spiro atoms. The summed E-state index contributed by atoms with van der Waals surface area (Å²) in [6.45, 7) is 0. The van der Waals surface area contributed by atoms with E-state index < -0.39 is 0 Å². The molecule has 0 unspecified atom stereocenters. The van der Waals surface area contributed by atoms with Crippen LogP contribution in [-0.2, 0) is 0 Å². The summed E-state index contributed by atoms with van der Waals surface area (Å²) >= 11 is 0. The highest BCUT2D eigenvalue weighted by Crippen LogP contribution is 2.30. The quantitative estimate of drug-likeness (QED) is 0.226. The predicted octanol–water partition coefficient (Wildman–Crippen LogP) is 7.62. The molecule has 0 saturated heterocycles. The van der Waals surface area contributed by atoms with Crippen LogP contribution in [0.3, 0.4) is 0 Å². The summed E-state index contributed by atoms with van der Waals surface area (Å²) in [5.74, 6) is 0.817. The topological polar surface area (TPSA) is 62.2 Å². The van der Waals surface area contributed by atoms with Crippen molar-refractivity contribution in [1.29, 1.82) is 5.41 Å². The minimum atomic E-state index is 0.214. The van der Waals surface area contributed by atoms with Crippen molar-refractivity contribution >= 4 is 39.5 Å². The molecule has 0 atom stereocenters. The van der Waals surface area contributed by atoms with Crippen LogP contribution in [0.5, 0.6) is 0 Å². The standard InChI is InChI=1S/C31H21N3O/c32-30(33-27-14-8-7-13-24(27)19-21-9-3-1-4-10-21)25-15-17-26-23(20-25)16-18-28-29(26)34-31(35-28)22-11-5-2-6-12-22/h1-20,32H/b24-19+,32-30?,33-27?. The van der Waals surface area contributed by atoms with E-state index >= 15 is 0 Å². The van der Waals surface area contributed by atoms with E-state index in [1.54, 1.807) is 0 Å². The number of hydrogen-bond donors (Lipinski definition) is 1. The van der Waals surface area contributed by atoms with Gasteiger partial charge in [0.25, 0.3) is 0 Å².